The fourth-order valence-electron chi connectivity index (χ4n) is 2.73. The lowest BCUT2D eigenvalue weighted by Gasteiger charge is -2.10. The summed E-state index contributed by atoms with van der Waals surface area (Å²) in [7, 11) is 3.19. The van der Waals surface area contributed by atoms with Gasteiger partial charge in [0.25, 0.3) is 0 Å². The highest BCUT2D eigenvalue weighted by Crippen LogP contribution is 2.35. The molecule has 24 heavy (non-hydrogen) atoms. The number of hydrogen-bond donors (Lipinski definition) is 1. The van der Waals surface area contributed by atoms with Crippen LogP contribution >= 0.6 is 0 Å². The molecule has 0 bridgehead atoms. The predicted molar refractivity (Wildman–Crippen MR) is 89.7 cm³/mol. The Morgan fingerprint density at radius 1 is 1.21 bits per heavy atom. The number of aromatic nitrogens is 2. The van der Waals surface area contributed by atoms with Crippen LogP contribution < -0.4 is 9.47 Å². The summed E-state index contributed by atoms with van der Waals surface area (Å²) >= 11 is 0. The molecule has 0 unspecified atom stereocenters. The van der Waals surface area contributed by atoms with Crippen molar-refractivity contribution in [1.29, 1.82) is 0 Å². The summed E-state index contributed by atoms with van der Waals surface area (Å²) in [6.07, 6.45) is 2.29. The van der Waals surface area contributed by atoms with Gasteiger partial charge in [-0.2, -0.15) is 0 Å². The van der Waals surface area contributed by atoms with E-state index in [0.717, 1.165) is 16.9 Å². The Morgan fingerprint density at radius 2 is 2.04 bits per heavy atom. The second-order valence-corrected chi connectivity index (χ2v) is 5.30. The Kier molecular flexibility index (Phi) is 4.37. The Bertz CT molecular complexity index is 886. The molecule has 6 heteroatoms. The number of rotatable bonds is 6. The molecule has 124 valence electrons. The maximum absolute atomic E-state index is 11.0. The molecule has 0 spiro atoms. The molecule has 0 aliphatic rings. The molecule has 0 amide bonds. The van der Waals surface area contributed by atoms with Gasteiger partial charge in [0.1, 0.15) is 17.1 Å². The SMILES string of the molecule is COc1ccc(OC)c(-c2nc3ccccn3c2CCC(=O)O)c1. The van der Waals surface area contributed by atoms with E-state index in [4.69, 9.17) is 14.6 Å². The summed E-state index contributed by atoms with van der Waals surface area (Å²) < 4.78 is 12.7. The second kappa shape index (κ2) is 6.62. The summed E-state index contributed by atoms with van der Waals surface area (Å²) in [5.74, 6) is 0.507. The first-order valence-corrected chi connectivity index (χ1v) is 7.54. The van der Waals surface area contributed by atoms with Gasteiger partial charge in [-0.25, -0.2) is 4.98 Å². The molecule has 0 atom stereocenters. The minimum atomic E-state index is -0.843. The number of benzene rings is 1. The number of fused-ring (bicyclic) bond motifs is 1. The molecule has 2 heterocycles. The number of ether oxygens (including phenoxy) is 2. The molecule has 0 fully saturated rings. The van der Waals surface area contributed by atoms with Crippen molar-refractivity contribution in [2.75, 3.05) is 14.2 Å². The first-order chi connectivity index (χ1) is 11.6. The molecule has 0 saturated heterocycles. The number of nitrogens with zero attached hydrogens (tertiary/aromatic N) is 2. The van der Waals surface area contributed by atoms with Gasteiger partial charge in [0.15, 0.2) is 0 Å². The zero-order valence-electron chi connectivity index (χ0n) is 13.5. The van der Waals surface area contributed by atoms with E-state index in [1.54, 1.807) is 14.2 Å². The second-order valence-electron chi connectivity index (χ2n) is 5.30. The van der Waals surface area contributed by atoms with Crippen molar-refractivity contribution in [3.63, 3.8) is 0 Å². The van der Waals surface area contributed by atoms with Crippen molar-refractivity contribution >= 4 is 11.6 Å². The lowest BCUT2D eigenvalue weighted by atomic mass is 10.1. The summed E-state index contributed by atoms with van der Waals surface area (Å²) in [6.45, 7) is 0. The molecule has 2 aromatic heterocycles. The maximum Gasteiger partial charge on any atom is 0.303 e. The van der Waals surface area contributed by atoms with E-state index in [1.165, 1.54) is 0 Å². The number of aliphatic carboxylic acids is 1. The third-order valence-electron chi connectivity index (χ3n) is 3.87. The fourth-order valence-corrected chi connectivity index (χ4v) is 2.73. The average molecular weight is 326 g/mol. The van der Waals surface area contributed by atoms with Gasteiger partial charge in [-0.05, 0) is 30.3 Å². The molecule has 0 saturated carbocycles. The third kappa shape index (κ3) is 2.90. The molecule has 0 radical (unpaired) electrons. The van der Waals surface area contributed by atoms with Gasteiger partial charge < -0.3 is 19.0 Å². The number of carbonyl (C=O) groups is 1. The molecule has 0 aliphatic heterocycles. The van der Waals surface area contributed by atoms with E-state index >= 15 is 0 Å². The van der Waals surface area contributed by atoms with Crippen LogP contribution in [0.25, 0.3) is 16.9 Å². The zero-order valence-corrected chi connectivity index (χ0v) is 13.5. The average Bonchev–Trinajstić information content (AvgIpc) is 2.97. The minimum Gasteiger partial charge on any atom is -0.497 e. The Labute approximate surface area is 139 Å². The monoisotopic (exact) mass is 326 g/mol. The van der Waals surface area contributed by atoms with Crippen molar-refractivity contribution < 1.29 is 19.4 Å². The predicted octanol–water partition coefficient (Wildman–Crippen LogP) is 3.04. The van der Waals surface area contributed by atoms with Gasteiger partial charge in [-0.15, -0.1) is 0 Å². The maximum atomic E-state index is 11.0. The number of carboxylic acid groups (broad SMARTS) is 1. The first-order valence-electron chi connectivity index (χ1n) is 7.54. The van der Waals surface area contributed by atoms with E-state index in [2.05, 4.69) is 4.98 Å². The van der Waals surface area contributed by atoms with Crippen LogP contribution in [0.15, 0.2) is 42.6 Å². The number of imidazole rings is 1. The number of carboxylic acids is 1. The van der Waals surface area contributed by atoms with Crippen LogP contribution in [0.4, 0.5) is 0 Å². The third-order valence-corrected chi connectivity index (χ3v) is 3.87. The Morgan fingerprint density at radius 3 is 2.75 bits per heavy atom. The van der Waals surface area contributed by atoms with Crippen LogP contribution in [0.2, 0.25) is 0 Å². The summed E-state index contributed by atoms with van der Waals surface area (Å²) in [6, 6.07) is 11.2. The molecule has 6 nitrogen and oxygen atoms in total. The molecule has 0 aliphatic carbocycles. The van der Waals surface area contributed by atoms with Crippen LogP contribution in [0.1, 0.15) is 12.1 Å². The van der Waals surface area contributed by atoms with Gasteiger partial charge in [0, 0.05) is 18.2 Å². The lowest BCUT2D eigenvalue weighted by molar-refractivity contribution is -0.136. The van der Waals surface area contributed by atoms with E-state index < -0.39 is 5.97 Å². The molecule has 3 aromatic rings. The van der Waals surface area contributed by atoms with Gasteiger partial charge in [-0.3, -0.25) is 4.79 Å². The van der Waals surface area contributed by atoms with Crippen molar-refractivity contribution in [2.45, 2.75) is 12.8 Å². The number of hydrogen-bond acceptors (Lipinski definition) is 4. The molecule has 1 aromatic carbocycles. The van der Waals surface area contributed by atoms with Crippen LogP contribution in [0.3, 0.4) is 0 Å². The quantitative estimate of drug-likeness (QED) is 0.754. The van der Waals surface area contributed by atoms with E-state index in [0.29, 0.717) is 23.6 Å². The lowest BCUT2D eigenvalue weighted by Crippen LogP contribution is -2.02. The highest BCUT2D eigenvalue weighted by Gasteiger charge is 2.18. The van der Waals surface area contributed by atoms with Gasteiger partial charge in [0.05, 0.1) is 32.0 Å². The van der Waals surface area contributed by atoms with Crippen LogP contribution in [-0.4, -0.2) is 34.7 Å². The standard InChI is InChI=1S/C18H18N2O4/c1-23-12-6-8-15(24-2)13(11-12)18-14(7-9-17(21)22)20-10-4-3-5-16(20)19-18/h3-6,8,10-11H,7,9H2,1-2H3,(H,21,22). The van der Waals surface area contributed by atoms with Crippen LogP contribution in [-0.2, 0) is 11.2 Å². The fraction of sp³-hybridized carbons (Fsp3) is 0.222. The molecule has 3 rings (SSSR count). The first kappa shape index (κ1) is 15.9. The van der Waals surface area contributed by atoms with E-state index in [9.17, 15) is 4.79 Å². The van der Waals surface area contributed by atoms with Crippen LogP contribution in [0.5, 0.6) is 11.5 Å². The van der Waals surface area contributed by atoms with Gasteiger partial charge in [0.2, 0.25) is 0 Å². The molecular weight excluding hydrogens is 308 g/mol. The normalized spacial score (nSPS) is 10.8. The summed E-state index contributed by atoms with van der Waals surface area (Å²) in [4.78, 5) is 15.7. The van der Waals surface area contributed by atoms with E-state index in [1.807, 2.05) is 47.0 Å². The Hall–Kier alpha value is -3.02. The smallest absolute Gasteiger partial charge is 0.303 e. The van der Waals surface area contributed by atoms with Crippen molar-refractivity contribution in [2.24, 2.45) is 0 Å². The molecule has 1 N–H and O–H groups in total. The summed E-state index contributed by atoms with van der Waals surface area (Å²) in [5.41, 5.74) is 3.08. The molecular formula is C18H18N2O4. The van der Waals surface area contributed by atoms with Gasteiger partial charge >= 0.3 is 5.97 Å². The van der Waals surface area contributed by atoms with E-state index in [-0.39, 0.29) is 6.42 Å². The summed E-state index contributed by atoms with van der Waals surface area (Å²) in [5, 5.41) is 9.05. The largest absolute Gasteiger partial charge is 0.497 e. The van der Waals surface area contributed by atoms with Gasteiger partial charge in [-0.1, -0.05) is 6.07 Å². The van der Waals surface area contributed by atoms with Crippen LogP contribution in [0, 0.1) is 0 Å². The highest BCUT2D eigenvalue weighted by molar-refractivity contribution is 5.75. The zero-order chi connectivity index (χ0) is 17.1. The number of pyridine rings is 1. The number of aryl methyl sites for hydroxylation is 1. The minimum absolute atomic E-state index is 0.0297. The van der Waals surface area contributed by atoms with Crippen molar-refractivity contribution in [1.82, 2.24) is 9.38 Å². The van der Waals surface area contributed by atoms with Crippen molar-refractivity contribution in [3.8, 4) is 22.8 Å². The Balaban J connectivity index is 2.21. The van der Waals surface area contributed by atoms with Crippen molar-refractivity contribution in [3.05, 3.63) is 48.3 Å². The topological polar surface area (TPSA) is 73.1 Å². The highest BCUT2D eigenvalue weighted by atomic mass is 16.5. The number of methoxy groups -OCH3 is 2.